The van der Waals surface area contributed by atoms with Gasteiger partial charge in [-0.3, -0.25) is 9.59 Å². The fraction of sp³-hybridized carbons (Fsp3) is 0.619. The Morgan fingerprint density at radius 2 is 1.85 bits per heavy atom. The van der Waals surface area contributed by atoms with E-state index in [0.717, 1.165) is 56.2 Å². The molecule has 0 bridgehead atoms. The fourth-order valence-corrected chi connectivity index (χ4v) is 5.53. The van der Waals surface area contributed by atoms with Crippen molar-refractivity contribution >= 4 is 23.2 Å². The standard InChI is InChI=1S/C21H27N3O2/c25-20-19-6-3-10-24(19)18-8-7-15(12-17(18)22-20)21(26)23-11-9-14-4-1-2-5-16(14)13-23/h7-8,12,14,16,19H,1-6,9-11,13H2,(H,22,25)/t14-,16+,19-/m1/s1. The molecule has 5 rings (SSSR count). The Hall–Kier alpha value is -2.04. The van der Waals surface area contributed by atoms with Gasteiger partial charge in [-0.05, 0) is 55.7 Å². The summed E-state index contributed by atoms with van der Waals surface area (Å²) < 4.78 is 0. The second-order valence-electron chi connectivity index (χ2n) is 8.42. The van der Waals surface area contributed by atoms with E-state index in [0.29, 0.717) is 11.5 Å². The van der Waals surface area contributed by atoms with E-state index in [1.54, 1.807) is 0 Å². The third-order valence-electron chi connectivity index (χ3n) is 6.94. The van der Waals surface area contributed by atoms with Crippen LogP contribution in [0.4, 0.5) is 11.4 Å². The minimum atomic E-state index is -0.0330. The number of nitrogens with one attached hydrogen (secondary N) is 1. The number of piperidine rings is 1. The molecule has 138 valence electrons. The number of likely N-dealkylation sites (tertiary alicyclic amines) is 1. The average molecular weight is 353 g/mol. The number of hydrogen-bond donors (Lipinski definition) is 1. The summed E-state index contributed by atoms with van der Waals surface area (Å²) in [5, 5.41) is 3.02. The summed E-state index contributed by atoms with van der Waals surface area (Å²) in [7, 11) is 0. The smallest absolute Gasteiger partial charge is 0.253 e. The van der Waals surface area contributed by atoms with E-state index in [9.17, 15) is 9.59 Å². The summed E-state index contributed by atoms with van der Waals surface area (Å²) >= 11 is 0. The van der Waals surface area contributed by atoms with Gasteiger partial charge < -0.3 is 15.1 Å². The molecule has 3 aliphatic heterocycles. The molecule has 3 fully saturated rings. The van der Waals surface area contributed by atoms with Crippen molar-refractivity contribution in [1.29, 1.82) is 0 Å². The van der Waals surface area contributed by atoms with Gasteiger partial charge in [-0.1, -0.05) is 19.3 Å². The zero-order valence-electron chi connectivity index (χ0n) is 15.2. The first kappa shape index (κ1) is 16.2. The van der Waals surface area contributed by atoms with Crippen molar-refractivity contribution in [3.63, 3.8) is 0 Å². The quantitative estimate of drug-likeness (QED) is 0.843. The van der Waals surface area contributed by atoms with Crippen LogP contribution in [0.2, 0.25) is 0 Å². The summed E-state index contributed by atoms with van der Waals surface area (Å²) in [6, 6.07) is 5.82. The molecule has 26 heavy (non-hydrogen) atoms. The molecule has 4 aliphatic rings. The average Bonchev–Trinajstić information content (AvgIpc) is 3.17. The van der Waals surface area contributed by atoms with Gasteiger partial charge in [0.05, 0.1) is 11.4 Å². The lowest BCUT2D eigenvalue weighted by molar-refractivity contribution is -0.117. The molecule has 1 aromatic rings. The Balaban J connectivity index is 1.36. The van der Waals surface area contributed by atoms with Crippen LogP contribution < -0.4 is 10.2 Å². The Morgan fingerprint density at radius 3 is 2.73 bits per heavy atom. The maximum Gasteiger partial charge on any atom is 0.253 e. The van der Waals surface area contributed by atoms with Crippen LogP contribution in [0.5, 0.6) is 0 Å². The van der Waals surface area contributed by atoms with Crippen molar-refractivity contribution < 1.29 is 9.59 Å². The van der Waals surface area contributed by atoms with E-state index in [1.807, 2.05) is 23.1 Å². The van der Waals surface area contributed by atoms with Gasteiger partial charge in [0.2, 0.25) is 5.91 Å². The van der Waals surface area contributed by atoms with Crippen molar-refractivity contribution in [1.82, 2.24) is 4.90 Å². The Morgan fingerprint density at radius 1 is 1.00 bits per heavy atom. The van der Waals surface area contributed by atoms with Crippen LogP contribution >= 0.6 is 0 Å². The highest BCUT2D eigenvalue weighted by Crippen LogP contribution is 2.39. The van der Waals surface area contributed by atoms with Crippen LogP contribution in [-0.2, 0) is 4.79 Å². The molecule has 1 aliphatic carbocycles. The molecule has 0 radical (unpaired) electrons. The molecule has 5 nitrogen and oxygen atoms in total. The van der Waals surface area contributed by atoms with Crippen molar-refractivity contribution in [2.75, 3.05) is 29.9 Å². The van der Waals surface area contributed by atoms with E-state index in [1.165, 1.54) is 25.7 Å². The lowest BCUT2D eigenvalue weighted by Gasteiger charge is -2.41. The summed E-state index contributed by atoms with van der Waals surface area (Å²) in [6.45, 7) is 2.70. The van der Waals surface area contributed by atoms with Gasteiger partial charge in [0.1, 0.15) is 6.04 Å². The molecular weight excluding hydrogens is 326 g/mol. The molecule has 1 N–H and O–H groups in total. The van der Waals surface area contributed by atoms with Crippen molar-refractivity contribution in [3.05, 3.63) is 23.8 Å². The SMILES string of the molecule is O=C1Nc2cc(C(=O)N3CC[C@H]4CCCC[C@H]4C3)ccc2N2CCC[C@H]12. The summed E-state index contributed by atoms with van der Waals surface area (Å²) in [4.78, 5) is 29.6. The predicted octanol–water partition coefficient (Wildman–Crippen LogP) is 3.26. The number of anilines is 2. The van der Waals surface area contributed by atoms with Crippen LogP contribution in [0.3, 0.4) is 0 Å². The van der Waals surface area contributed by atoms with Gasteiger partial charge in [0, 0.05) is 25.2 Å². The molecule has 0 spiro atoms. The second kappa shape index (κ2) is 6.29. The third kappa shape index (κ3) is 2.60. The first-order chi connectivity index (χ1) is 12.7. The van der Waals surface area contributed by atoms with Crippen molar-refractivity contribution in [2.45, 2.75) is 51.0 Å². The Bertz CT molecular complexity index is 747. The zero-order chi connectivity index (χ0) is 17.7. The number of carbonyl (C=O) groups excluding carboxylic acids is 2. The second-order valence-corrected chi connectivity index (χ2v) is 8.42. The topological polar surface area (TPSA) is 52.7 Å². The maximum absolute atomic E-state index is 13.1. The van der Waals surface area contributed by atoms with Crippen LogP contribution in [0, 0.1) is 11.8 Å². The van der Waals surface area contributed by atoms with Crippen LogP contribution in [0.1, 0.15) is 55.3 Å². The number of hydrogen-bond acceptors (Lipinski definition) is 3. The van der Waals surface area contributed by atoms with Gasteiger partial charge >= 0.3 is 0 Å². The van der Waals surface area contributed by atoms with Crippen LogP contribution in [0.15, 0.2) is 18.2 Å². The highest BCUT2D eigenvalue weighted by molar-refractivity contribution is 6.06. The van der Waals surface area contributed by atoms with E-state index >= 15 is 0 Å². The predicted molar refractivity (Wildman–Crippen MR) is 101 cm³/mol. The molecule has 2 saturated heterocycles. The minimum absolute atomic E-state index is 0.0330. The largest absolute Gasteiger partial charge is 0.358 e. The number of nitrogens with zero attached hydrogens (tertiary/aromatic N) is 2. The monoisotopic (exact) mass is 353 g/mol. The summed E-state index contributed by atoms with van der Waals surface area (Å²) in [5.41, 5.74) is 2.57. The van der Waals surface area contributed by atoms with Crippen molar-refractivity contribution in [2.24, 2.45) is 11.8 Å². The Kier molecular flexibility index (Phi) is 3.91. The van der Waals surface area contributed by atoms with E-state index < -0.39 is 0 Å². The lowest BCUT2D eigenvalue weighted by Crippen LogP contribution is -2.45. The van der Waals surface area contributed by atoms with Crippen LogP contribution in [0.25, 0.3) is 0 Å². The van der Waals surface area contributed by atoms with Gasteiger partial charge in [-0.15, -0.1) is 0 Å². The normalized spacial score (nSPS) is 30.3. The molecule has 5 heteroatoms. The van der Waals surface area contributed by atoms with E-state index in [2.05, 4.69) is 10.2 Å². The minimum Gasteiger partial charge on any atom is -0.358 e. The number of fused-ring (bicyclic) bond motifs is 4. The van der Waals surface area contributed by atoms with Crippen LogP contribution in [-0.4, -0.2) is 42.4 Å². The van der Waals surface area contributed by atoms with E-state index in [-0.39, 0.29) is 17.9 Å². The summed E-state index contributed by atoms with van der Waals surface area (Å²) in [5.74, 6) is 1.70. The number of amides is 2. The first-order valence-electron chi connectivity index (χ1n) is 10.2. The molecule has 0 unspecified atom stereocenters. The molecule has 1 aromatic carbocycles. The van der Waals surface area contributed by atoms with Gasteiger partial charge in [0.15, 0.2) is 0 Å². The van der Waals surface area contributed by atoms with Crippen molar-refractivity contribution in [3.8, 4) is 0 Å². The molecular formula is C21H27N3O2. The first-order valence-corrected chi connectivity index (χ1v) is 10.2. The number of benzene rings is 1. The zero-order valence-corrected chi connectivity index (χ0v) is 15.2. The molecule has 2 amide bonds. The van der Waals surface area contributed by atoms with Gasteiger partial charge in [-0.25, -0.2) is 0 Å². The highest BCUT2D eigenvalue weighted by atomic mass is 16.2. The fourth-order valence-electron chi connectivity index (χ4n) is 5.53. The Labute approximate surface area is 154 Å². The number of rotatable bonds is 1. The molecule has 1 saturated carbocycles. The number of carbonyl (C=O) groups is 2. The molecule has 3 heterocycles. The maximum atomic E-state index is 13.1. The van der Waals surface area contributed by atoms with E-state index in [4.69, 9.17) is 0 Å². The third-order valence-corrected chi connectivity index (χ3v) is 6.94. The molecule has 3 atom stereocenters. The summed E-state index contributed by atoms with van der Waals surface area (Å²) in [6.07, 6.45) is 8.40. The lowest BCUT2D eigenvalue weighted by atomic mass is 9.75. The highest BCUT2D eigenvalue weighted by Gasteiger charge is 2.37. The van der Waals surface area contributed by atoms with Gasteiger partial charge in [0.25, 0.3) is 5.91 Å². The van der Waals surface area contributed by atoms with Gasteiger partial charge in [-0.2, -0.15) is 0 Å². The molecule has 0 aromatic heterocycles.